The topological polar surface area (TPSA) is 62.3 Å². The van der Waals surface area contributed by atoms with Crippen molar-refractivity contribution in [1.29, 1.82) is 5.41 Å². The Morgan fingerprint density at radius 1 is 1.71 bits per heavy atom. The van der Waals surface area contributed by atoms with Crippen molar-refractivity contribution in [3.05, 3.63) is 0 Å². The molecule has 1 heterocycles. The molecule has 1 rings (SSSR count). The monoisotopic (exact) mass is 207 g/mol. The van der Waals surface area contributed by atoms with Crippen LogP contribution in [0.5, 0.6) is 0 Å². The Morgan fingerprint density at radius 2 is 2.36 bits per heavy atom. The van der Waals surface area contributed by atoms with Crippen molar-refractivity contribution < 1.29 is 13.5 Å². The quantitative estimate of drug-likeness (QED) is 0.527. The maximum atomic E-state index is 13.0. The van der Waals surface area contributed by atoms with Crippen molar-refractivity contribution in [2.75, 3.05) is 19.8 Å². The fourth-order valence-corrected chi connectivity index (χ4v) is 1.58. The summed E-state index contributed by atoms with van der Waals surface area (Å²) in [5.74, 6) is -3.07. The third kappa shape index (κ3) is 2.54. The molecule has 0 aromatic carbocycles. The van der Waals surface area contributed by atoms with Gasteiger partial charge in [-0.3, -0.25) is 5.41 Å². The normalized spacial score (nSPS) is 25.4. The van der Waals surface area contributed by atoms with Gasteiger partial charge in [-0.05, 0) is 6.92 Å². The lowest BCUT2D eigenvalue weighted by Gasteiger charge is -2.23. The molecule has 1 atom stereocenters. The van der Waals surface area contributed by atoms with E-state index in [1.807, 2.05) is 0 Å². The van der Waals surface area contributed by atoms with Gasteiger partial charge in [0.05, 0.1) is 19.2 Å². The number of hydrogen-bond acceptors (Lipinski definition) is 2. The third-order valence-corrected chi connectivity index (χ3v) is 2.20. The van der Waals surface area contributed by atoms with Crippen molar-refractivity contribution >= 4 is 5.96 Å². The summed E-state index contributed by atoms with van der Waals surface area (Å²) in [6.45, 7) is 2.00. The van der Waals surface area contributed by atoms with Crippen LogP contribution in [0.4, 0.5) is 8.78 Å². The van der Waals surface area contributed by atoms with Crippen LogP contribution in [-0.4, -0.2) is 42.6 Å². The van der Waals surface area contributed by atoms with Crippen molar-refractivity contribution in [3.63, 3.8) is 0 Å². The highest BCUT2D eigenvalue weighted by atomic mass is 19.3. The molecule has 4 nitrogen and oxygen atoms in total. The average Bonchev–Trinajstić information content (AvgIpc) is 2.38. The lowest BCUT2D eigenvalue weighted by molar-refractivity contribution is 0.0144. The lowest BCUT2D eigenvalue weighted by atomic mass is 10.2. The molecule has 0 bridgehead atoms. The van der Waals surface area contributed by atoms with Crippen LogP contribution >= 0.6 is 0 Å². The molecule has 3 N–H and O–H groups in total. The molecule has 6 heteroatoms. The standard InChI is InChI=1S/C8H15F2N3O/c1-2-14-4-6-3-8(9,10)5-13(6)7(11)12/h6H,2-5H2,1H3,(H3,11,12)/t6-/m1/s1. The summed E-state index contributed by atoms with van der Waals surface area (Å²) in [5.41, 5.74) is 5.20. The van der Waals surface area contributed by atoms with Crippen LogP contribution in [0.1, 0.15) is 13.3 Å². The van der Waals surface area contributed by atoms with Gasteiger partial charge in [-0.25, -0.2) is 8.78 Å². The van der Waals surface area contributed by atoms with Gasteiger partial charge in [-0.2, -0.15) is 0 Å². The number of guanidine groups is 1. The average molecular weight is 207 g/mol. The zero-order valence-electron chi connectivity index (χ0n) is 8.09. The van der Waals surface area contributed by atoms with Gasteiger partial charge < -0.3 is 15.4 Å². The Hall–Kier alpha value is -0.910. The largest absolute Gasteiger partial charge is 0.380 e. The van der Waals surface area contributed by atoms with E-state index in [1.54, 1.807) is 6.92 Å². The molecule has 0 spiro atoms. The van der Waals surface area contributed by atoms with Crippen LogP contribution in [0, 0.1) is 5.41 Å². The molecule has 0 aromatic rings. The first-order valence-corrected chi connectivity index (χ1v) is 4.52. The van der Waals surface area contributed by atoms with E-state index in [1.165, 1.54) is 4.90 Å². The predicted molar refractivity (Wildman–Crippen MR) is 48.5 cm³/mol. The first kappa shape index (κ1) is 11.2. The minimum atomic E-state index is -2.76. The number of rotatable bonds is 3. The van der Waals surface area contributed by atoms with Crippen LogP contribution < -0.4 is 5.73 Å². The number of alkyl halides is 2. The minimum Gasteiger partial charge on any atom is -0.380 e. The molecule has 0 aromatic heterocycles. The fourth-order valence-electron chi connectivity index (χ4n) is 1.58. The molecule has 0 unspecified atom stereocenters. The van der Waals surface area contributed by atoms with E-state index in [0.29, 0.717) is 6.61 Å². The van der Waals surface area contributed by atoms with Crippen LogP contribution in [0.3, 0.4) is 0 Å². The predicted octanol–water partition coefficient (Wildman–Crippen LogP) is 0.626. The minimum absolute atomic E-state index is 0.200. The number of likely N-dealkylation sites (tertiary alicyclic amines) is 1. The summed E-state index contributed by atoms with van der Waals surface area (Å²) in [7, 11) is 0. The first-order chi connectivity index (χ1) is 6.46. The van der Waals surface area contributed by atoms with Crippen molar-refractivity contribution in [3.8, 4) is 0 Å². The van der Waals surface area contributed by atoms with E-state index in [-0.39, 0.29) is 19.0 Å². The SMILES string of the molecule is CCOC[C@H]1CC(F)(F)CN1C(=N)N. The molecule has 0 radical (unpaired) electrons. The molecule has 1 aliphatic rings. The molecule has 1 aliphatic heterocycles. The number of ether oxygens (including phenoxy) is 1. The second kappa shape index (κ2) is 4.08. The van der Waals surface area contributed by atoms with E-state index in [9.17, 15) is 8.78 Å². The molecule has 82 valence electrons. The zero-order valence-corrected chi connectivity index (χ0v) is 8.09. The Balaban J connectivity index is 2.58. The molecule has 1 fully saturated rings. The van der Waals surface area contributed by atoms with Gasteiger partial charge in [0.15, 0.2) is 5.96 Å². The van der Waals surface area contributed by atoms with Gasteiger partial charge in [0, 0.05) is 13.0 Å². The Bertz CT molecular complexity index is 223. The van der Waals surface area contributed by atoms with Gasteiger partial charge in [0.2, 0.25) is 0 Å². The summed E-state index contributed by atoms with van der Waals surface area (Å²) in [6, 6.07) is -0.470. The highest BCUT2D eigenvalue weighted by molar-refractivity contribution is 5.75. The number of hydrogen-bond donors (Lipinski definition) is 2. The van der Waals surface area contributed by atoms with Crippen molar-refractivity contribution in [2.45, 2.75) is 25.3 Å². The Morgan fingerprint density at radius 3 is 2.86 bits per heavy atom. The van der Waals surface area contributed by atoms with Crippen molar-refractivity contribution in [1.82, 2.24) is 4.90 Å². The Labute approximate surface area is 81.5 Å². The van der Waals surface area contributed by atoms with E-state index in [2.05, 4.69) is 0 Å². The molecular weight excluding hydrogens is 192 g/mol. The maximum absolute atomic E-state index is 13.0. The highest BCUT2D eigenvalue weighted by Crippen LogP contribution is 2.31. The molecule has 14 heavy (non-hydrogen) atoms. The lowest BCUT2D eigenvalue weighted by Crippen LogP contribution is -2.42. The first-order valence-electron chi connectivity index (χ1n) is 4.52. The van der Waals surface area contributed by atoms with Gasteiger partial charge in [-0.15, -0.1) is 0 Å². The molecule has 0 saturated carbocycles. The second-order valence-electron chi connectivity index (χ2n) is 3.39. The number of nitrogens with two attached hydrogens (primary N) is 1. The van der Waals surface area contributed by atoms with Gasteiger partial charge in [0.1, 0.15) is 0 Å². The van der Waals surface area contributed by atoms with E-state index < -0.39 is 18.5 Å². The number of nitrogens with zero attached hydrogens (tertiary/aromatic N) is 1. The summed E-state index contributed by atoms with van der Waals surface area (Å²) in [5, 5.41) is 7.15. The number of halogens is 2. The van der Waals surface area contributed by atoms with Crippen LogP contribution in [0.15, 0.2) is 0 Å². The maximum Gasteiger partial charge on any atom is 0.267 e. The van der Waals surface area contributed by atoms with E-state index in [4.69, 9.17) is 15.9 Å². The van der Waals surface area contributed by atoms with E-state index >= 15 is 0 Å². The zero-order chi connectivity index (χ0) is 10.8. The molecule has 0 amide bonds. The second-order valence-corrected chi connectivity index (χ2v) is 3.39. The Kier molecular flexibility index (Phi) is 3.25. The molecule has 0 aliphatic carbocycles. The summed E-state index contributed by atoms with van der Waals surface area (Å²) in [4.78, 5) is 1.19. The van der Waals surface area contributed by atoms with Crippen LogP contribution in [0.25, 0.3) is 0 Å². The molecular formula is C8H15F2N3O. The highest BCUT2D eigenvalue weighted by Gasteiger charge is 2.45. The van der Waals surface area contributed by atoms with Crippen LogP contribution in [0.2, 0.25) is 0 Å². The van der Waals surface area contributed by atoms with E-state index in [0.717, 1.165) is 0 Å². The van der Waals surface area contributed by atoms with Crippen molar-refractivity contribution in [2.24, 2.45) is 5.73 Å². The number of nitrogens with one attached hydrogen (secondary N) is 1. The smallest absolute Gasteiger partial charge is 0.267 e. The summed E-state index contributed by atoms with van der Waals surface area (Å²) >= 11 is 0. The van der Waals surface area contributed by atoms with Gasteiger partial charge in [-0.1, -0.05) is 0 Å². The van der Waals surface area contributed by atoms with Gasteiger partial charge in [0.25, 0.3) is 5.92 Å². The van der Waals surface area contributed by atoms with Gasteiger partial charge >= 0.3 is 0 Å². The molecule has 1 saturated heterocycles. The third-order valence-electron chi connectivity index (χ3n) is 2.20. The summed E-state index contributed by atoms with van der Waals surface area (Å²) < 4.78 is 31.0. The summed E-state index contributed by atoms with van der Waals surface area (Å²) in [6.07, 6.45) is -0.285. The fraction of sp³-hybridized carbons (Fsp3) is 0.875. The van der Waals surface area contributed by atoms with Crippen LogP contribution in [-0.2, 0) is 4.74 Å².